The minimum atomic E-state index is -0.928. The first-order valence-corrected chi connectivity index (χ1v) is 12.0. The summed E-state index contributed by atoms with van der Waals surface area (Å²) in [5.74, 6) is -0.508. The van der Waals surface area contributed by atoms with Gasteiger partial charge in [-0.3, -0.25) is 9.78 Å². The molecular formula is C29H27FN4O2. The third-order valence-corrected chi connectivity index (χ3v) is 6.58. The summed E-state index contributed by atoms with van der Waals surface area (Å²) < 4.78 is 15.0. The Morgan fingerprint density at radius 1 is 0.944 bits per heavy atom. The second kappa shape index (κ2) is 10.3. The Bertz CT molecular complexity index is 1340. The predicted octanol–water partition coefficient (Wildman–Crippen LogP) is 4.79. The zero-order valence-corrected chi connectivity index (χ0v) is 19.8. The smallest absolute Gasteiger partial charge is 0.253 e. The van der Waals surface area contributed by atoms with Gasteiger partial charge in [-0.15, -0.1) is 0 Å². The van der Waals surface area contributed by atoms with E-state index >= 15 is 0 Å². The van der Waals surface area contributed by atoms with Crippen molar-refractivity contribution < 1.29 is 14.3 Å². The van der Waals surface area contributed by atoms with Gasteiger partial charge in [0.25, 0.3) is 5.91 Å². The van der Waals surface area contributed by atoms with Gasteiger partial charge in [0.05, 0.1) is 17.0 Å². The number of halogens is 1. The van der Waals surface area contributed by atoms with Crippen molar-refractivity contribution >= 4 is 18.1 Å². The Balaban J connectivity index is 1.23. The summed E-state index contributed by atoms with van der Waals surface area (Å²) in [6.07, 6.45) is 8.85. The Labute approximate surface area is 209 Å². The van der Waals surface area contributed by atoms with Crippen LogP contribution >= 0.6 is 0 Å². The van der Waals surface area contributed by atoms with Crippen molar-refractivity contribution in [1.82, 2.24) is 19.7 Å². The number of amides is 1. The number of piperidine rings is 1. The van der Waals surface area contributed by atoms with Gasteiger partial charge in [0.1, 0.15) is 5.82 Å². The van der Waals surface area contributed by atoms with Crippen molar-refractivity contribution in [3.8, 4) is 5.69 Å². The minimum absolute atomic E-state index is 0.140. The summed E-state index contributed by atoms with van der Waals surface area (Å²) in [6.45, 7) is 0.885. The molecule has 0 atom stereocenters. The monoisotopic (exact) mass is 482 g/mol. The summed E-state index contributed by atoms with van der Waals surface area (Å²) in [5.41, 5.74) is 3.30. The highest BCUT2D eigenvalue weighted by atomic mass is 19.1. The highest BCUT2D eigenvalue weighted by Gasteiger charge is 2.35. The number of likely N-dealkylation sites (tertiary alicyclic amines) is 1. The number of pyridine rings is 1. The molecule has 1 fully saturated rings. The van der Waals surface area contributed by atoms with Crippen LogP contribution in [0.5, 0.6) is 0 Å². The number of benzene rings is 2. The largest absolute Gasteiger partial charge is 0.389 e. The molecule has 0 bridgehead atoms. The lowest BCUT2D eigenvalue weighted by atomic mass is 9.86. The average molecular weight is 483 g/mol. The number of rotatable bonds is 6. The van der Waals surface area contributed by atoms with E-state index in [1.807, 2.05) is 65.4 Å². The second-order valence-corrected chi connectivity index (χ2v) is 9.11. The molecule has 1 N–H and O–H groups in total. The first kappa shape index (κ1) is 23.6. The maximum atomic E-state index is 13.2. The van der Waals surface area contributed by atoms with Gasteiger partial charge in [-0.2, -0.15) is 5.10 Å². The molecule has 3 heterocycles. The van der Waals surface area contributed by atoms with Crippen LogP contribution in [-0.4, -0.2) is 49.4 Å². The Morgan fingerprint density at radius 3 is 2.39 bits per heavy atom. The number of carbonyl (C=O) groups is 1. The van der Waals surface area contributed by atoms with E-state index < -0.39 is 5.60 Å². The van der Waals surface area contributed by atoms with E-state index in [1.54, 1.807) is 17.3 Å². The third-order valence-electron chi connectivity index (χ3n) is 6.58. The molecule has 7 heteroatoms. The molecule has 1 aliphatic rings. The Kier molecular flexibility index (Phi) is 6.73. The molecule has 1 aliphatic heterocycles. The van der Waals surface area contributed by atoms with Crippen molar-refractivity contribution in [2.75, 3.05) is 13.1 Å². The molecule has 0 saturated carbocycles. The van der Waals surface area contributed by atoms with Gasteiger partial charge >= 0.3 is 0 Å². The lowest BCUT2D eigenvalue weighted by Gasteiger charge is -2.38. The molecule has 0 spiro atoms. The van der Waals surface area contributed by atoms with Gasteiger partial charge in [0.2, 0.25) is 0 Å². The van der Waals surface area contributed by atoms with Crippen LogP contribution in [0, 0.1) is 5.82 Å². The van der Waals surface area contributed by atoms with Crippen molar-refractivity contribution in [3.63, 3.8) is 0 Å². The van der Waals surface area contributed by atoms with Crippen LogP contribution in [0.2, 0.25) is 0 Å². The van der Waals surface area contributed by atoms with Crippen LogP contribution in [0.1, 0.15) is 40.2 Å². The molecule has 36 heavy (non-hydrogen) atoms. The molecule has 4 aromatic rings. The number of carbonyl (C=O) groups excluding carboxylic acids is 1. The third kappa shape index (κ3) is 5.42. The molecule has 1 amide bonds. The van der Waals surface area contributed by atoms with E-state index in [-0.39, 0.29) is 11.7 Å². The first-order valence-electron chi connectivity index (χ1n) is 12.0. The number of hydrogen-bond acceptors (Lipinski definition) is 4. The van der Waals surface area contributed by atoms with E-state index in [1.165, 1.54) is 24.3 Å². The molecule has 0 aliphatic carbocycles. The highest BCUT2D eigenvalue weighted by Crippen LogP contribution is 2.28. The standard InChI is InChI=1S/C29H27FN4O2/c30-24-9-7-23(8-10-24)28(35)33-19-15-29(36,16-20-33)21-27-14-18-32-34(27)26-12-5-22(6-13-26)4-11-25-3-1-2-17-31-25/h1-14,17-18,36H,15-16,19-21H2/b11-4+. The van der Waals surface area contributed by atoms with E-state index in [4.69, 9.17) is 0 Å². The lowest BCUT2D eigenvalue weighted by molar-refractivity contribution is -0.0172. The molecule has 1 saturated heterocycles. The van der Waals surface area contributed by atoms with E-state index in [0.29, 0.717) is 37.9 Å². The molecule has 2 aromatic carbocycles. The normalized spacial score (nSPS) is 15.3. The zero-order valence-electron chi connectivity index (χ0n) is 19.8. The maximum absolute atomic E-state index is 13.2. The van der Waals surface area contributed by atoms with E-state index in [0.717, 1.165) is 22.6 Å². The fraction of sp³-hybridized carbons (Fsp3) is 0.207. The van der Waals surface area contributed by atoms with Crippen molar-refractivity contribution in [1.29, 1.82) is 0 Å². The van der Waals surface area contributed by atoms with Gasteiger partial charge in [-0.25, -0.2) is 9.07 Å². The SMILES string of the molecule is O=C(c1ccc(F)cc1)N1CCC(O)(Cc2ccnn2-c2ccc(/C=C/c3ccccn3)cc2)CC1. The van der Waals surface area contributed by atoms with E-state index in [2.05, 4.69) is 10.1 Å². The maximum Gasteiger partial charge on any atom is 0.253 e. The predicted molar refractivity (Wildman–Crippen MR) is 137 cm³/mol. The van der Waals surface area contributed by atoms with Crippen LogP contribution in [0.4, 0.5) is 4.39 Å². The summed E-state index contributed by atoms with van der Waals surface area (Å²) in [6, 6.07) is 21.3. The zero-order chi connectivity index (χ0) is 25.0. The molecule has 5 rings (SSSR count). The molecular weight excluding hydrogens is 455 g/mol. The number of nitrogens with zero attached hydrogens (tertiary/aromatic N) is 4. The van der Waals surface area contributed by atoms with Crippen LogP contribution in [0.15, 0.2) is 85.2 Å². The minimum Gasteiger partial charge on any atom is -0.389 e. The lowest BCUT2D eigenvalue weighted by Crippen LogP contribution is -2.48. The van der Waals surface area contributed by atoms with Gasteiger partial charge in [0, 0.05) is 43.2 Å². The molecule has 2 aromatic heterocycles. The van der Waals surface area contributed by atoms with Crippen molar-refractivity contribution in [2.24, 2.45) is 0 Å². The summed E-state index contributed by atoms with van der Waals surface area (Å²) in [5, 5.41) is 15.8. The number of aliphatic hydroxyl groups is 1. The van der Waals surface area contributed by atoms with Crippen LogP contribution in [0.3, 0.4) is 0 Å². The van der Waals surface area contributed by atoms with Crippen LogP contribution in [-0.2, 0) is 6.42 Å². The summed E-state index contributed by atoms with van der Waals surface area (Å²) in [4.78, 5) is 18.7. The quantitative estimate of drug-likeness (QED) is 0.429. The van der Waals surface area contributed by atoms with Crippen LogP contribution in [0.25, 0.3) is 17.8 Å². The van der Waals surface area contributed by atoms with Crippen molar-refractivity contribution in [3.05, 3.63) is 114 Å². The van der Waals surface area contributed by atoms with E-state index in [9.17, 15) is 14.3 Å². The fourth-order valence-electron chi connectivity index (χ4n) is 4.49. The molecule has 0 unspecified atom stereocenters. The topological polar surface area (TPSA) is 71.2 Å². The summed E-state index contributed by atoms with van der Waals surface area (Å²) in [7, 11) is 0. The number of hydrogen-bond donors (Lipinski definition) is 1. The first-order chi connectivity index (χ1) is 17.5. The fourth-order valence-corrected chi connectivity index (χ4v) is 4.49. The van der Waals surface area contributed by atoms with Gasteiger partial charge in [-0.05, 0) is 79.1 Å². The van der Waals surface area contributed by atoms with Crippen molar-refractivity contribution in [2.45, 2.75) is 24.9 Å². The second-order valence-electron chi connectivity index (χ2n) is 9.11. The van der Waals surface area contributed by atoms with Crippen LogP contribution < -0.4 is 0 Å². The highest BCUT2D eigenvalue weighted by molar-refractivity contribution is 5.94. The Morgan fingerprint density at radius 2 is 1.69 bits per heavy atom. The van der Waals surface area contributed by atoms with Gasteiger partial charge in [-0.1, -0.05) is 24.3 Å². The molecule has 0 radical (unpaired) electrons. The summed E-state index contributed by atoms with van der Waals surface area (Å²) >= 11 is 0. The number of aromatic nitrogens is 3. The van der Waals surface area contributed by atoms with Gasteiger partial charge < -0.3 is 10.0 Å². The van der Waals surface area contributed by atoms with Gasteiger partial charge in [0.15, 0.2) is 0 Å². The Hall–Kier alpha value is -4.10. The average Bonchev–Trinajstić information content (AvgIpc) is 3.36. The molecule has 6 nitrogen and oxygen atoms in total. The molecule has 182 valence electrons.